The number of ether oxygens (including phenoxy) is 1. The first-order valence-corrected chi connectivity index (χ1v) is 6.24. The Balaban J connectivity index is 2.01. The Hall–Kier alpha value is -2.04. The average Bonchev–Trinajstić information content (AvgIpc) is 3.13. The maximum absolute atomic E-state index is 5.89. The molecule has 1 fully saturated rings. The molecule has 1 heterocycles. The third kappa shape index (κ3) is 1.92. The summed E-state index contributed by atoms with van der Waals surface area (Å²) in [6.07, 6.45) is 2.34. The van der Waals surface area contributed by atoms with Gasteiger partial charge >= 0.3 is 0 Å². The zero-order chi connectivity index (χ0) is 12.5. The lowest BCUT2D eigenvalue weighted by Crippen LogP contribution is -2.03. The van der Waals surface area contributed by atoms with Gasteiger partial charge < -0.3 is 10.5 Å². The van der Waals surface area contributed by atoms with Crippen molar-refractivity contribution in [3.63, 3.8) is 0 Å². The van der Waals surface area contributed by atoms with Gasteiger partial charge in [0.2, 0.25) is 0 Å². The number of hydrogen-bond donors (Lipinski definition) is 1. The monoisotopic (exact) mass is 244 g/mol. The van der Waals surface area contributed by atoms with Crippen molar-refractivity contribution in [2.24, 2.45) is 0 Å². The topological polar surface area (TPSA) is 66.0 Å². The molecule has 1 aromatic heterocycles. The van der Waals surface area contributed by atoms with Crippen LogP contribution in [0.4, 0.5) is 5.82 Å². The molecule has 2 N–H and O–H groups in total. The highest BCUT2D eigenvalue weighted by Crippen LogP contribution is 2.42. The number of nitrogens with zero attached hydrogens (tertiary/aromatic N) is 3. The lowest BCUT2D eigenvalue weighted by atomic mass is 10.2. The van der Waals surface area contributed by atoms with E-state index in [0.717, 1.165) is 17.1 Å². The third-order valence-electron chi connectivity index (χ3n) is 3.07. The Labute approximate surface area is 106 Å². The first-order valence-electron chi connectivity index (χ1n) is 6.24. The van der Waals surface area contributed by atoms with E-state index >= 15 is 0 Å². The highest BCUT2D eigenvalue weighted by atomic mass is 16.5. The molecule has 94 valence electrons. The normalized spacial score (nSPS) is 14.7. The fourth-order valence-corrected chi connectivity index (χ4v) is 2.10. The summed E-state index contributed by atoms with van der Waals surface area (Å²) in [6, 6.07) is 7.84. The van der Waals surface area contributed by atoms with Crippen LogP contribution in [0.3, 0.4) is 0 Å². The molecule has 0 bridgehead atoms. The molecule has 0 unspecified atom stereocenters. The van der Waals surface area contributed by atoms with Crippen LogP contribution in [0.2, 0.25) is 0 Å². The van der Waals surface area contributed by atoms with Crippen LogP contribution in [0.5, 0.6) is 5.75 Å². The second-order valence-corrected chi connectivity index (χ2v) is 4.48. The predicted octanol–water partition coefficient (Wildman–Crippen LogP) is 2.13. The van der Waals surface area contributed by atoms with Crippen LogP contribution in [-0.4, -0.2) is 21.6 Å². The van der Waals surface area contributed by atoms with Crippen molar-refractivity contribution in [3.05, 3.63) is 30.0 Å². The molecule has 5 nitrogen and oxygen atoms in total. The number of benzene rings is 1. The molecule has 0 radical (unpaired) electrons. The lowest BCUT2D eigenvalue weighted by molar-refractivity contribution is 0.340. The lowest BCUT2D eigenvalue weighted by Gasteiger charge is -2.08. The van der Waals surface area contributed by atoms with Crippen LogP contribution in [0.25, 0.3) is 5.69 Å². The summed E-state index contributed by atoms with van der Waals surface area (Å²) in [5, 5.41) is 8.11. The van der Waals surface area contributed by atoms with Gasteiger partial charge in [0.25, 0.3) is 0 Å². The molecule has 0 amide bonds. The number of nitrogen functional groups attached to an aromatic ring is 1. The molecule has 0 saturated heterocycles. The number of rotatable bonds is 4. The molecule has 1 saturated carbocycles. The Morgan fingerprint density at radius 2 is 2.28 bits per heavy atom. The minimum atomic E-state index is 0.510. The minimum absolute atomic E-state index is 0.510. The summed E-state index contributed by atoms with van der Waals surface area (Å²) in [6.45, 7) is 2.62. The minimum Gasteiger partial charge on any atom is -0.494 e. The van der Waals surface area contributed by atoms with Crippen LogP contribution in [0, 0.1) is 0 Å². The van der Waals surface area contributed by atoms with Crippen LogP contribution < -0.4 is 10.5 Å². The molecule has 1 aliphatic rings. The molecular weight excluding hydrogens is 228 g/mol. The fraction of sp³-hybridized carbons (Fsp3) is 0.385. The largest absolute Gasteiger partial charge is 0.494 e. The number of hydrogen-bond acceptors (Lipinski definition) is 4. The van der Waals surface area contributed by atoms with Gasteiger partial charge in [-0.1, -0.05) is 11.3 Å². The summed E-state index contributed by atoms with van der Waals surface area (Å²) >= 11 is 0. The van der Waals surface area contributed by atoms with E-state index in [-0.39, 0.29) is 0 Å². The summed E-state index contributed by atoms with van der Waals surface area (Å²) in [7, 11) is 0. The van der Waals surface area contributed by atoms with E-state index in [4.69, 9.17) is 10.5 Å². The van der Waals surface area contributed by atoms with Gasteiger partial charge in [-0.3, -0.25) is 0 Å². The van der Waals surface area contributed by atoms with E-state index in [0.29, 0.717) is 18.3 Å². The maximum atomic E-state index is 5.89. The van der Waals surface area contributed by atoms with Gasteiger partial charge in [0.15, 0.2) is 5.82 Å². The quantitative estimate of drug-likeness (QED) is 0.894. The summed E-state index contributed by atoms with van der Waals surface area (Å²) in [5.74, 6) is 1.89. The SMILES string of the molecule is CCOc1cccc(-n2nnc(N)c2C2CC2)c1. The second-order valence-electron chi connectivity index (χ2n) is 4.48. The summed E-state index contributed by atoms with van der Waals surface area (Å²) < 4.78 is 7.33. The van der Waals surface area contributed by atoms with E-state index in [1.54, 1.807) is 0 Å². The fourth-order valence-electron chi connectivity index (χ4n) is 2.10. The molecule has 0 atom stereocenters. The Kier molecular flexibility index (Phi) is 2.66. The summed E-state index contributed by atoms with van der Waals surface area (Å²) in [5.41, 5.74) is 7.87. The van der Waals surface area contributed by atoms with Gasteiger partial charge in [0.05, 0.1) is 18.0 Å². The molecule has 1 aromatic carbocycles. The summed E-state index contributed by atoms with van der Waals surface area (Å²) in [4.78, 5) is 0. The maximum Gasteiger partial charge on any atom is 0.169 e. The van der Waals surface area contributed by atoms with Crippen LogP contribution in [0.15, 0.2) is 24.3 Å². The highest BCUT2D eigenvalue weighted by Gasteiger charge is 2.31. The molecule has 2 aromatic rings. The second kappa shape index (κ2) is 4.33. The molecule has 0 spiro atoms. The smallest absolute Gasteiger partial charge is 0.169 e. The average molecular weight is 244 g/mol. The van der Waals surface area contributed by atoms with Crippen molar-refractivity contribution in [1.29, 1.82) is 0 Å². The van der Waals surface area contributed by atoms with Gasteiger partial charge in [-0.2, -0.15) is 0 Å². The Morgan fingerprint density at radius 3 is 3.00 bits per heavy atom. The predicted molar refractivity (Wildman–Crippen MR) is 68.9 cm³/mol. The van der Waals surface area contributed by atoms with Crippen molar-refractivity contribution in [2.75, 3.05) is 12.3 Å². The van der Waals surface area contributed by atoms with Crippen LogP contribution >= 0.6 is 0 Å². The van der Waals surface area contributed by atoms with E-state index in [9.17, 15) is 0 Å². The van der Waals surface area contributed by atoms with E-state index < -0.39 is 0 Å². The van der Waals surface area contributed by atoms with Crippen molar-refractivity contribution in [2.45, 2.75) is 25.7 Å². The zero-order valence-electron chi connectivity index (χ0n) is 10.3. The van der Waals surface area contributed by atoms with Crippen LogP contribution in [0.1, 0.15) is 31.4 Å². The Bertz CT molecular complexity index is 560. The number of nitrogens with two attached hydrogens (primary N) is 1. The van der Waals surface area contributed by atoms with Crippen LogP contribution in [-0.2, 0) is 0 Å². The van der Waals surface area contributed by atoms with Crippen molar-refractivity contribution in [3.8, 4) is 11.4 Å². The van der Waals surface area contributed by atoms with E-state index in [2.05, 4.69) is 10.3 Å². The molecule has 3 rings (SSSR count). The molecule has 1 aliphatic carbocycles. The third-order valence-corrected chi connectivity index (χ3v) is 3.07. The molecule has 5 heteroatoms. The van der Waals surface area contributed by atoms with Crippen molar-refractivity contribution >= 4 is 5.82 Å². The molecule has 18 heavy (non-hydrogen) atoms. The van der Waals surface area contributed by atoms with E-state index in [1.807, 2.05) is 35.9 Å². The zero-order valence-corrected chi connectivity index (χ0v) is 10.3. The van der Waals surface area contributed by atoms with Crippen molar-refractivity contribution in [1.82, 2.24) is 15.0 Å². The highest BCUT2D eigenvalue weighted by molar-refractivity contribution is 5.46. The first-order chi connectivity index (χ1) is 8.79. The standard InChI is InChI=1S/C13H16N4O/c1-2-18-11-5-3-4-10(8-11)17-12(9-6-7-9)13(14)15-16-17/h3-5,8-9H,2,6-7,14H2,1H3. The van der Waals surface area contributed by atoms with Gasteiger partial charge in [-0.15, -0.1) is 5.10 Å². The van der Waals surface area contributed by atoms with Gasteiger partial charge in [0, 0.05) is 12.0 Å². The number of anilines is 1. The molecular formula is C13H16N4O. The number of aromatic nitrogens is 3. The van der Waals surface area contributed by atoms with Gasteiger partial charge in [0.1, 0.15) is 5.75 Å². The molecule has 0 aliphatic heterocycles. The Morgan fingerprint density at radius 1 is 1.44 bits per heavy atom. The van der Waals surface area contributed by atoms with E-state index in [1.165, 1.54) is 12.8 Å². The first kappa shape index (κ1) is 11.1. The van der Waals surface area contributed by atoms with Crippen molar-refractivity contribution < 1.29 is 4.74 Å². The van der Waals surface area contributed by atoms with Gasteiger partial charge in [-0.05, 0) is 31.9 Å². The van der Waals surface area contributed by atoms with Gasteiger partial charge in [-0.25, -0.2) is 4.68 Å².